The number of aromatic nitrogens is 2. The summed E-state index contributed by atoms with van der Waals surface area (Å²) in [7, 11) is 1.83. The first-order valence-corrected chi connectivity index (χ1v) is 7.37. The summed E-state index contributed by atoms with van der Waals surface area (Å²) in [5.74, 6) is 0. The molecule has 0 fully saturated rings. The van der Waals surface area contributed by atoms with E-state index in [1.165, 1.54) is 23.7 Å². The van der Waals surface area contributed by atoms with Gasteiger partial charge in [0.2, 0.25) is 0 Å². The number of aryl methyl sites for hydroxylation is 1. The van der Waals surface area contributed by atoms with E-state index in [0.29, 0.717) is 6.42 Å². The van der Waals surface area contributed by atoms with Crippen LogP contribution in [0.3, 0.4) is 0 Å². The maximum absolute atomic E-state index is 12.5. The normalized spacial score (nSPS) is 13.4. The quantitative estimate of drug-likeness (QED) is 0.916. The minimum Gasteiger partial charge on any atom is -0.312 e. The van der Waals surface area contributed by atoms with Gasteiger partial charge >= 0.3 is 6.18 Å². The molecule has 0 aliphatic carbocycles. The Kier molecular flexibility index (Phi) is 4.95. The number of alkyl halides is 3. The van der Waals surface area contributed by atoms with E-state index in [4.69, 9.17) is 0 Å². The van der Waals surface area contributed by atoms with Crippen molar-refractivity contribution < 1.29 is 13.2 Å². The molecule has 21 heavy (non-hydrogen) atoms. The van der Waals surface area contributed by atoms with Crippen molar-refractivity contribution in [2.45, 2.75) is 32.0 Å². The molecular formula is C14H16F3N3S. The van der Waals surface area contributed by atoms with E-state index in [-0.39, 0.29) is 6.04 Å². The van der Waals surface area contributed by atoms with Crippen LogP contribution in [-0.4, -0.2) is 16.6 Å². The predicted octanol–water partition coefficient (Wildman–Crippen LogP) is 3.62. The monoisotopic (exact) mass is 315 g/mol. The molecule has 2 rings (SSSR count). The van der Waals surface area contributed by atoms with Gasteiger partial charge in [0.1, 0.15) is 0 Å². The van der Waals surface area contributed by atoms with E-state index in [0.717, 1.165) is 34.7 Å². The third-order valence-corrected chi connectivity index (χ3v) is 4.19. The molecule has 0 saturated heterocycles. The third kappa shape index (κ3) is 3.79. The SMILES string of the molecule is CCc1nnsc1C(Cc1ccc(C(F)(F)F)cc1)NC. The van der Waals surface area contributed by atoms with Crippen LogP contribution in [0.2, 0.25) is 0 Å². The van der Waals surface area contributed by atoms with Crippen LogP contribution in [0, 0.1) is 0 Å². The van der Waals surface area contributed by atoms with Crippen molar-refractivity contribution in [2.75, 3.05) is 7.05 Å². The Bertz CT molecular complexity index is 578. The predicted molar refractivity (Wildman–Crippen MR) is 76.2 cm³/mol. The van der Waals surface area contributed by atoms with Gasteiger partial charge in [-0.15, -0.1) is 5.10 Å². The van der Waals surface area contributed by atoms with Crippen molar-refractivity contribution in [3.63, 3.8) is 0 Å². The summed E-state index contributed by atoms with van der Waals surface area (Å²) in [4.78, 5) is 1.04. The van der Waals surface area contributed by atoms with Crippen molar-refractivity contribution in [3.05, 3.63) is 46.0 Å². The number of nitrogens with zero attached hydrogens (tertiary/aromatic N) is 2. The van der Waals surface area contributed by atoms with Crippen molar-refractivity contribution in [1.29, 1.82) is 0 Å². The van der Waals surface area contributed by atoms with Gasteiger partial charge in [-0.2, -0.15) is 13.2 Å². The molecule has 0 aliphatic heterocycles. The molecule has 3 nitrogen and oxygen atoms in total. The molecule has 2 aromatic rings. The van der Waals surface area contributed by atoms with Crippen LogP contribution in [0.15, 0.2) is 24.3 Å². The van der Waals surface area contributed by atoms with Gasteiger partial charge in [-0.3, -0.25) is 0 Å². The summed E-state index contributed by atoms with van der Waals surface area (Å²) >= 11 is 1.33. The first-order chi connectivity index (χ1) is 9.95. The number of nitrogens with one attached hydrogen (secondary N) is 1. The maximum atomic E-state index is 12.5. The third-order valence-electron chi connectivity index (χ3n) is 3.31. The molecular weight excluding hydrogens is 299 g/mol. The summed E-state index contributed by atoms with van der Waals surface area (Å²) < 4.78 is 41.6. The van der Waals surface area contributed by atoms with E-state index in [1.807, 2.05) is 14.0 Å². The Morgan fingerprint density at radius 1 is 1.24 bits per heavy atom. The van der Waals surface area contributed by atoms with Gasteiger partial charge in [-0.1, -0.05) is 23.5 Å². The van der Waals surface area contributed by atoms with Gasteiger partial charge in [-0.05, 0) is 49.1 Å². The molecule has 114 valence electrons. The fourth-order valence-electron chi connectivity index (χ4n) is 2.12. The van der Waals surface area contributed by atoms with E-state index < -0.39 is 11.7 Å². The molecule has 1 atom stereocenters. The Hall–Kier alpha value is -1.47. The van der Waals surface area contributed by atoms with Crippen molar-refractivity contribution in [2.24, 2.45) is 0 Å². The fraction of sp³-hybridized carbons (Fsp3) is 0.429. The van der Waals surface area contributed by atoms with Gasteiger partial charge in [-0.25, -0.2) is 0 Å². The number of likely N-dealkylation sites (N-methyl/N-ethyl adjacent to an activating group) is 1. The van der Waals surface area contributed by atoms with Crippen LogP contribution in [0.1, 0.15) is 34.7 Å². The van der Waals surface area contributed by atoms with Gasteiger partial charge in [0.25, 0.3) is 0 Å². The summed E-state index contributed by atoms with van der Waals surface area (Å²) in [6.07, 6.45) is -2.90. The Morgan fingerprint density at radius 2 is 1.90 bits per heavy atom. The van der Waals surface area contributed by atoms with Gasteiger partial charge < -0.3 is 5.32 Å². The first kappa shape index (κ1) is 15.9. The van der Waals surface area contributed by atoms with E-state index >= 15 is 0 Å². The molecule has 0 saturated carbocycles. The van der Waals surface area contributed by atoms with Crippen LogP contribution in [0.4, 0.5) is 13.2 Å². The molecule has 7 heteroatoms. The highest BCUT2D eigenvalue weighted by Crippen LogP contribution is 2.30. The lowest BCUT2D eigenvalue weighted by atomic mass is 10.0. The van der Waals surface area contributed by atoms with E-state index in [1.54, 1.807) is 0 Å². The lowest BCUT2D eigenvalue weighted by molar-refractivity contribution is -0.137. The minimum atomic E-state index is -4.29. The minimum absolute atomic E-state index is 0.0108. The molecule has 0 bridgehead atoms. The highest BCUT2D eigenvalue weighted by Gasteiger charge is 2.30. The summed E-state index contributed by atoms with van der Waals surface area (Å²) in [6, 6.07) is 5.29. The van der Waals surface area contributed by atoms with Crippen molar-refractivity contribution >= 4 is 11.5 Å². The highest BCUT2D eigenvalue weighted by molar-refractivity contribution is 7.05. The zero-order chi connectivity index (χ0) is 15.5. The average Bonchev–Trinajstić information content (AvgIpc) is 2.92. The lowest BCUT2D eigenvalue weighted by Crippen LogP contribution is -2.19. The Morgan fingerprint density at radius 3 is 2.43 bits per heavy atom. The second kappa shape index (κ2) is 6.53. The fourth-order valence-corrected chi connectivity index (χ4v) is 2.96. The number of hydrogen-bond donors (Lipinski definition) is 1. The van der Waals surface area contributed by atoms with Crippen LogP contribution in [0.25, 0.3) is 0 Å². The second-order valence-corrected chi connectivity index (χ2v) is 5.46. The van der Waals surface area contributed by atoms with Crippen molar-refractivity contribution in [1.82, 2.24) is 14.9 Å². The second-order valence-electron chi connectivity index (χ2n) is 4.68. The van der Waals surface area contributed by atoms with Crippen LogP contribution >= 0.6 is 11.5 Å². The summed E-state index contributed by atoms with van der Waals surface area (Å²) in [5.41, 5.74) is 1.16. The largest absolute Gasteiger partial charge is 0.416 e. The topological polar surface area (TPSA) is 37.8 Å². The number of hydrogen-bond acceptors (Lipinski definition) is 4. The standard InChI is InChI=1S/C14H16F3N3S/c1-3-11-13(21-20-19-11)12(18-2)8-9-4-6-10(7-5-9)14(15,16)17/h4-7,12,18H,3,8H2,1-2H3. The molecule has 1 unspecified atom stereocenters. The van der Waals surface area contributed by atoms with Gasteiger partial charge in [0, 0.05) is 6.04 Å². The molecule has 0 amide bonds. The average molecular weight is 315 g/mol. The maximum Gasteiger partial charge on any atom is 0.416 e. The van der Waals surface area contributed by atoms with E-state index in [2.05, 4.69) is 14.9 Å². The lowest BCUT2D eigenvalue weighted by Gasteiger charge is -2.15. The zero-order valence-corrected chi connectivity index (χ0v) is 12.6. The smallest absolute Gasteiger partial charge is 0.312 e. The molecule has 0 radical (unpaired) electrons. The first-order valence-electron chi connectivity index (χ1n) is 6.60. The molecule has 0 aliphatic rings. The Balaban J connectivity index is 2.16. The van der Waals surface area contributed by atoms with E-state index in [9.17, 15) is 13.2 Å². The molecule has 0 spiro atoms. The Labute approximate surface area is 125 Å². The van der Waals surface area contributed by atoms with Crippen LogP contribution < -0.4 is 5.32 Å². The van der Waals surface area contributed by atoms with Gasteiger partial charge in [0.15, 0.2) is 0 Å². The molecule has 1 N–H and O–H groups in total. The molecule has 1 heterocycles. The highest BCUT2D eigenvalue weighted by atomic mass is 32.1. The summed E-state index contributed by atoms with van der Waals surface area (Å²) in [6.45, 7) is 2.01. The van der Waals surface area contributed by atoms with Crippen molar-refractivity contribution in [3.8, 4) is 0 Å². The number of rotatable bonds is 5. The number of benzene rings is 1. The van der Waals surface area contributed by atoms with Crippen LogP contribution in [-0.2, 0) is 19.0 Å². The molecule has 1 aromatic carbocycles. The zero-order valence-electron chi connectivity index (χ0n) is 11.7. The van der Waals surface area contributed by atoms with Crippen LogP contribution in [0.5, 0.6) is 0 Å². The van der Waals surface area contributed by atoms with Gasteiger partial charge in [0.05, 0.1) is 16.1 Å². The molecule has 1 aromatic heterocycles. The summed E-state index contributed by atoms with van der Waals surface area (Å²) in [5, 5.41) is 7.25. The number of halogens is 3.